The lowest BCUT2D eigenvalue weighted by molar-refractivity contribution is 0.102. The van der Waals surface area contributed by atoms with Crippen LogP contribution in [0.4, 0.5) is 5.69 Å². The molecule has 4 aromatic rings. The van der Waals surface area contributed by atoms with Crippen molar-refractivity contribution in [3.05, 3.63) is 77.8 Å². The minimum Gasteiger partial charge on any atom is -0.466 e. The number of carbonyl (C=O) groups is 1. The Morgan fingerprint density at radius 3 is 2.45 bits per heavy atom. The summed E-state index contributed by atoms with van der Waals surface area (Å²) in [7, 11) is 0. The third-order valence-electron chi connectivity index (χ3n) is 4.32. The van der Waals surface area contributed by atoms with Crippen LogP contribution < -0.4 is 10.1 Å². The van der Waals surface area contributed by atoms with E-state index in [1.807, 2.05) is 24.6 Å². The molecule has 0 radical (unpaired) electrons. The summed E-state index contributed by atoms with van der Waals surface area (Å²) < 4.78 is 13.0. The Labute approximate surface area is 167 Å². The van der Waals surface area contributed by atoms with Crippen molar-refractivity contribution in [2.75, 3.05) is 5.32 Å². The highest BCUT2D eigenvalue weighted by Gasteiger charge is 2.13. The van der Waals surface area contributed by atoms with E-state index in [-0.39, 0.29) is 5.91 Å². The Kier molecular flexibility index (Phi) is 4.82. The molecule has 0 saturated heterocycles. The van der Waals surface area contributed by atoms with E-state index in [9.17, 15) is 4.79 Å². The number of aryl methyl sites for hydroxylation is 3. The molecular formula is C21H19N5O3. The zero-order chi connectivity index (χ0) is 20.4. The van der Waals surface area contributed by atoms with E-state index < -0.39 is 0 Å². The largest absolute Gasteiger partial charge is 0.466 e. The number of hydrogen-bond acceptors (Lipinski definition) is 6. The molecule has 1 amide bonds. The van der Waals surface area contributed by atoms with Gasteiger partial charge in [0.05, 0.1) is 5.56 Å². The average Bonchev–Trinajstić information content (AvgIpc) is 3.28. The maximum Gasteiger partial charge on any atom is 0.259 e. The number of nitrogens with zero attached hydrogens (tertiary/aromatic N) is 4. The minimum absolute atomic E-state index is 0.218. The molecule has 0 fully saturated rings. The second-order valence-corrected chi connectivity index (χ2v) is 6.48. The van der Waals surface area contributed by atoms with Gasteiger partial charge in [-0.05, 0) is 57.2 Å². The predicted molar refractivity (Wildman–Crippen MR) is 107 cm³/mol. The van der Waals surface area contributed by atoms with Crippen molar-refractivity contribution in [3.8, 4) is 17.4 Å². The fourth-order valence-corrected chi connectivity index (χ4v) is 2.90. The molecule has 4 rings (SSSR count). The fraction of sp³-hybridized carbons (Fsp3) is 0.143. The second-order valence-electron chi connectivity index (χ2n) is 6.48. The summed E-state index contributed by atoms with van der Waals surface area (Å²) in [4.78, 5) is 16.5. The average molecular weight is 389 g/mol. The van der Waals surface area contributed by atoms with Crippen LogP contribution >= 0.6 is 0 Å². The molecule has 0 aliphatic rings. The molecule has 3 heterocycles. The van der Waals surface area contributed by atoms with Crippen LogP contribution in [-0.2, 0) is 0 Å². The van der Waals surface area contributed by atoms with Crippen LogP contribution in [0.15, 0.2) is 59.3 Å². The van der Waals surface area contributed by atoms with Gasteiger partial charge < -0.3 is 14.5 Å². The van der Waals surface area contributed by atoms with Gasteiger partial charge in [-0.25, -0.2) is 4.98 Å². The van der Waals surface area contributed by atoms with E-state index in [1.165, 1.54) is 0 Å². The summed E-state index contributed by atoms with van der Waals surface area (Å²) in [5, 5.41) is 11.1. The standard InChI is InChI=1S/C21H19N5O3/c1-13-12-18(14(2)28-13)21(27)23-16-4-6-17(7-5-16)29-20-9-8-19(24-25-20)26-11-10-22-15(26)3/h4-12H,1-3H3,(H,23,27). The van der Waals surface area contributed by atoms with Crippen molar-refractivity contribution in [1.29, 1.82) is 0 Å². The molecule has 1 N–H and O–H groups in total. The van der Waals surface area contributed by atoms with Gasteiger partial charge in [0.25, 0.3) is 5.91 Å². The molecule has 3 aromatic heterocycles. The van der Waals surface area contributed by atoms with E-state index >= 15 is 0 Å². The quantitative estimate of drug-likeness (QED) is 0.549. The number of ether oxygens (including phenoxy) is 1. The number of amides is 1. The van der Waals surface area contributed by atoms with Gasteiger partial charge in [-0.2, -0.15) is 0 Å². The highest BCUT2D eigenvalue weighted by molar-refractivity contribution is 6.05. The van der Waals surface area contributed by atoms with Crippen LogP contribution in [0.3, 0.4) is 0 Å². The molecule has 0 aliphatic heterocycles. The Hall–Kier alpha value is -3.94. The number of furan rings is 1. The highest BCUT2D eigenvalue weighted by Crippen LogP contribution is 2.22. The van der Waals surface area contributed by atoms with Gasteiger partial charge in [0, 0.05) is 24.1 Å². The minimum atomic E-state index is -0.218. The SMILES string of the molecule is Cc1cc(C(=O)Nc2ccc(Oc3ccc(-n4ccnc4C)nn3)cc2)c(C)o1. The predicted octanol–water partition coefficient (Wildman–Crippen LogP) is 4.23. The number of carbonyl (C=O) groups excluding carboxylic acids is 1. The van der Waals surface area contributed by atoms with Gasteiger partial charge in [0.2, 0.25) is 5.88 Å². The number of hydrogen-bond donors (Lipinski definition) is 1. The molecule has 0 bridgehead atoms. The van der Waals surface area contributed by atoms with Gasteiger partial charge in [-0.3, -0.25) is 9.36 Å². The number of rotatable bonds is 5. The zero-order valence-electron chi connectivity index (χ0n) is 16.2. The molecule has 0 aliphatic carbocycles. The van der Waals surface area contributed by atoms with E-state index in [4.69, 9.17) is 9.15 Å². The van der Waals surface area contributed by atoms with Crippen LogP contribution in [0.5, 0.6) is 11.6 Å². The normalized spacial score (nSPS) is 10.7. The molecular weight excluding hydrogens is 370 g/mol. The molecule has 0 saturated carbocycles. The van der Waals surface area contributed by atoms with Crippen molar-refractivity contribution in [3.63, 3.8) is 0 Å². The number of anilines is 1. The van der Waals surface area contributed by atoms with Gasteiger partial charge in [-0.1, -0.05) is 0 Å². The summed E-state index contributed by atoms with van der Waals surface area (Å²) >= 11 is 0. The van der Waals surface area contributed by atoms with E-state index in [0.717, 1.165) is 5.82 Å². The van der Waals surface area contributed by atoms with Crippen molar-refractivity contribution < 1.29 is 13.9 Å². The highest BCUT2D eigenvalue weighted by atomic mass is 16.5. The number of nitrogens with one attached hydrogen (secondary N) is 1. The summed E-state index contributed by atoms with van der Waals surface area (Å²) in [5.41, 5.74) is 1.17. The Morgan fingerprint density at radius 2 is 1.86 bits per heavy atom. The molecule has 8 heteroatoms. The molecule has 1 aromatic carbocycles. The zero-order valence-corrected chi connectivity index (χ0v) is 16.2. The molecule has 0 spiro atoms. The first kappa shape index (κ1) is 18.4. The Bertz CT molecular complexity index is 1140. The molecule has 146 valence electrons. The number of aromatic nitrogens is 4. The van der Waals surface area contributed by atoms with E-state index in [1.54, 1.807) is 55.6 Å². The summed E-state index contributed by atoms with van der Waals surface area (Å²) in [6.45, 7) is 5.46. The van der Waals surface area contributed by atoms with Crippen LogP contribution in [0.25, 0.3) is 5.82 Å². The third kappa shape index (κ3) is 4.01. The van der Waals surface area contributed by atoms with Crippen LogP contribution in [0.2, 0.25) is 0 Å². The molecule has 29 heavy (non-hydrogen) atoms. The van der Waals surface area contributed by atoms with Crippen molar-refractivity contribution in [2.45, 2.75) is 20.8 Å². The lowest BCUT2D eigenvalue weighted by Gasteiger charge is -2.08. The summed E-state index contributed by atoms with van der Waals surface area (Å²) in [6, 6.07) is 12.3. The molecule has 0 unspecified atom stereocenters. The Morgan fingerprint density at radius 1 is 1.07 bits per heavy atom. The van der Waals surface area contributed by atoms with Gasteiger partial charge in [0.1, 0.15) is 23.1 Å². The number of benzene rings is 1. The summed E-state index contributed by atoms with van der Waals surface area (Å²) in [6.07, 6.45) is 3.52. The van der Waals surface area contributed by atoms with Crippen molar-refractivity contribution in [2.24, 2.45) is 0 Å². The lowest BCUT2D eigenvalue weighted by atomic mass is 10.2. The first-order valence-electron chi connectivity index (χ1n) is 9.00. The van der Waals surface area contributed by atoms with Crippen molar-refractivity contribution in [1.82, 2.24) is 19.7 Å². The van der Waals surface area contributed by atoms with Gasteiger partial charge in [0.15, 0.2) is 5.82 Å². The summed E-state index contributed by atoms with van der Waals surface area (Å²) in [5.74, 6) is 3.51. The topological polar surface area (TPSA) is 95.1 Å². The van der Waals surface area contributed by atoms with E-state index in [2.05, 4.69) is 20.5 Å². The van der Waals surface area contributed by atoms with E-state index in [0.29, 0.717) is 40.2 Å². The van der Waals surface area contributed by atoms with Gasteiger partial charge in [-0.15, -0.1) is 10.2 Å². The number of imidazole rings is 1. The maximum atomic E-state index is 12.4. The lowest BCUT2D eigenvalue weighted by Crippen LogP contribution is -2.11. The fourth-order valence-electron chi connectivity index (χ4n) is 2.90. The molecule has 0 atom stereocenters. The van der Waals surface area contributed by atoms with Crippen LogP contribution in [0.1, 0.15) is 27.7 Å². The maximum absolute atomic E-state index is 12.4. The third-order valence-corrected chi connectivity index (χ3v) is 4.32. The first-order valence-corrected chi connectivity index (χ1v) is 9.00. The van der Waals surface area contributed by atoms with Crippen LogP contribution in [0, 0.1) is 20.8 Å². The Balaban J connectivity index is 1.41. The van der Waals surface area contributed by atoms with Gasteiger partial charge >= 0.3 is 0 Å². The smallest absolute Gasteiger partial charge is 0.259 e. The molecule has 8 nitrogen and oxygen atoms in total. The van der Waals surface area contributed by atoms with Crippen molar-refractivity contribution >= 4 is 11.6 Å². The second kappa shape index (κ2) is 7.59. The first-order chi connectivity index (χ1) is 14.0. The monoisotopic (exact) mass is 389 g/mol. The van der Waals surface area contributed by atoms with Crippen LogP contribution in [-0.4, -0.2) is 25.7 Å².